The van der Waals surface area contributed by atoms with E-state index in [1.165, 1.54) is 6.92 Å². The first-order chi connectivity index (χ1) is 12.9. The molecular weight excluding hydrogens is 371 g/mol. The Morgan fingerprint density at radius 1 is 1.32 bits per heavy atom. The van der Waals surface area contributed by atoms with Gasteiger partial charge >= 0.3 is 6.18 Å². The third-order valence-corrected chi connectivity index (χ3v) is 5.50. The number of Topliss-reactive ketones (excluding diaryl/α,β-unsaturated/α-hetero) is 1. The number of nitriles is 1. The molecule has 0 radical (unpaired) electrons. The van der Waals surface area contributed by atoms with Crippen molar-refractivity contribution in [3.05, 3.63) is 40.7 Å². The third-order valence-electron chi connectivity index (χ3n) is 5.50. The second-order valence-electron chi connectivity index (χ2n) is 8.23. The van der Waals surface area contributed by atoms with E-state index in [1.54, 1.807) is 24.8 Å². The van der Waals surface area contributed by atoms with Crippen LogP contribution in [0.15, 0.2) is 23.8 Å². The molecule has 0 unspecified atom stereocenters. The number of amides is 1. The summed E-state index contributed by atoms with van der Waals surface area (Å²) in [5.41, 5.74) is -1.96. The van der Waals surface area contributed by atoms with Crippen molar-refractivity contribution in [2.24, 2.45) is 10.8 Å². The van der Waals surface area contributed by atoms with E-state index in [-0.39, 0.29) is 22.6 Å². The number of halogens is 3. The van der Waals surface area contributed by atoms with E-state index in [2.05, 4.69) is 4.98 Å². The number of aryl methyl sites for hydroxylation is 1. The summed E-state index contributed by atoms with van der Waals surface area (Å²) >= 11 is 0. The van der Waals surface area contributed by atoms with E-state index in [4.69, 9.17) is 0 Å². The number of hydrogen-bond acceptors (Lipinski definition) is 4. The highest BCUT2D eigenvalue weighted by atomic mass is 19.4. The molecule has 1 aliphatic heterocycles. The van der Waals surface area contributed by atoms with Crippen molar-refractivity contribution >= 4 is 11.7 Å². The average molecular weight is 391 g/mol. The van der Waals surface area contributed by atoms with Gasteiger partial charge in [0.1, 0.15) is 11.8 Å². The van der Waals surface area contributed by atoms with Crippen LogP contribution in [0.4, 0.5) is 13.2 Å². The summed E-state index contributed by atoms with van der Waals surface area (Å²) < 4.78 is 38.4. The quantitative estimate of drug-likeness (QED) is 0.732. The third kappa shape index (κ3) is 3.41. The number of carbonyl (C=O) groups excluding carboxylic acids is 2. The fourth-order valence-corrected chi connectivity index (χ4v) is 4.28. The number of pyridine rings is 1. The molecule has 0 N–H and O–H groups in total. The van der Waals surface area contributed by atoms with Crippen LogP contribution in [0, 0.1) is 29.1 Å². The number of rotatable bonds is 1. The van der Waals surface area contributed by atoms with Gasteiger partial charge < -0.3 is 4.90 Å². The second-order valence-corrected chi connectivity index (χ2v) is 8.23. The zero-order valence-electron chi connectivity index (χ0n) is 15.9. The van der Waals surface area contributed by atoms with Crippen LogP contribution < -0.4 is 0 Å². The molecule has 0 saturated carbocycles. The van der Waals surface area contributed by atoms with Crippen LogP contribution in [0.25, 0.3) is 0 Å². The van der Waals surface area contributed by atoms with Crippen molar-refractivity contribution in [1.82, 2.24) is 9.88 Å². The molecule has 1 fully saturated rings. The highest BCUT2D eigenvalue weighted by molar-refractivity contribution is 6.04. The molecule has 0 aromatic carbocycles. The predicted octanol–water partition coefficient (Wildman–Crippen LogP) is 3.69. The van der Waals surface area contributed by atoms with Gasteiger partial charge in [-0.15, -0.1) is 0 Å². The van der Waals surface area contributed by atoms with Crippen molar-refractivity contribution in [2.75, 3.05) is 13.1 Å². The van der Waals surface area contributed by atoms with Crippen molar-refractivity contribution < 1.29 is 22.8 Å². The summed E-state index contributed by atoms with van der Waals surface area (Å²) in [6.45, 7) is 5.67. The standard InChI is InChI=1S/C20H20F3N3O2/c1-12-14(4-5-15(25-12)20(21,22)23)17(28)26-7-6-19(11-26)8-13(9-24)16(27)18(2,3)10-19/h4-5,8H,6-7,10-11H2,1-3H3/t19-/m0/s1. The summed E-state index contributed by atoms with van der Waals surface area (Å²) in [6, 6.07) is 3.92. The molecule has 28 heavy (non-hydrogen) atoms. The zero-order valence-corrected chi connectivity index (χ0v) is 15.9. The van der Waals surface area contributed by atoms with Gasteiger partial charge in [-0.2, -0.15) is 18.4 Å². The lowest BCUT2D eigenvalue weighted by Gasteiger charge is -2.38. The minimum Gasteiger partial charge on any atom is -0.338 e. The van der Waals surface area contributed by atoms with Gasteiger partial charge in [-0.25, -0.2) is 4.98 Å². The van der Waals surface area contributed by atoms with Crippen LogP contribution in [0.5, 0.6) is 0 Å². The van der Waals surface area contributed by atoms with Gasteiger partial charge in [0.15, 0.2) is 5.78 Å². The second kappa shape index (κ2) is 6.43. The normalized spacial score (nSPS) is 24.2. The number of allylic oxidation sites excluding steroid dienone is 1. The van der Waals surface area contributed by atoms with Gasteiger partial charge in [-0.1, -0.05) is 19.9 Å². The molecule has 1 amide bonds. The van der Waals surface area contributed by atoms with Crippen molar-refractivity contribution in [2.45, 2.75) is 39.8 Å². The van der Waals surface area contributed by atoms with E-state index in [0.29, 0.717) is 25.9 Å². The number of ketones is 1. The Hall–Kier alpha value is -2.69. The van der Waals surface area contributed by atoms with Crippen molar-refractivity contribution in [3.8, 4) is 6.07 Å². The molecule has 148 valence electrons. The molecule has 3 rings (SSSR count). The number of carbonyl (C=O) groups is 2. The van der Waals surface area contributed by atoms with Gasteiger partial charge in [0, 0.05) is 23.9 Å². The molecule has 8 heteroatoms. The molecule has 1 aliphatic carbocycles. The first-order valence-corrected chi connectivity index (χ1v) is 8.90. The van der Waals surface area contributed by atoms with Crippen LogP contribution in [0.1, 0.15) is 48.4 Å². The summed E-state index contributed by atoms with van der Waals surface area (Å²) in [5, 5.41) is 9.30. The number of likely N-dealkylation sites (tertiary alicyclic amines) is 1. The van der Waals surface area contributed by atoms with Crippen molar-refractivity contribution in [1.29, 1.82) is 5.26 Å². The molecule has 5 nitrogen and oxygen atoms in total. The van der Waals surface area contributed by atoms with Crippen molar-refractivity contribution in [3.63, 3.8) is 0 Å². The van der Waals surface area contributed by atoms with Crippen LogP contribution >= 0.6 is 0 Å². The minimum absolute atomic E-state index is 0.0215. The van der Waals surface area contributed by atoms with Gasteiger partial charge in [0.05, 0.1) is 16.8 Å². The molecule has 1 saturated heterocycles. The fraction of sp³-hybridized carbons (Fsp3) is 0.500. The molecule has 2 heterocycles. The Morgan fingerprint density at radius 2 is 2.00 bits per heavy atom. The highest BCUT2D eigenvalue weighted by Gasteiger charge is 2.49. The maximum atomic E-state index is 12.9. The average Bonchev–Trinajstić information content (AvgIpc) is 2.99. The number of nitrogens with zero attached hydrogens (tertiary/aromatic N) is 3. The molecule has 1 spiro atoms. The van der Waals surface area contributed by atoms with Gasteiger partial charge in [0.2, 0.25) is 0 Å². The molecule has 1 aromatic heterocycles. The van der Waals surface area contributed by atoms with E-state index in [1.807, 2.05) is 6.07 Å². The zero-order chi connectivity index (χ0) is 20.9. The molecular formula is C20H20F3N3O2. The number of aromatic nitrogens is 1. The maximum Gasteiger partial charge on any atom is 0.433 e. The summed E-state index contributed by atoms with van der Waals surface area (Å²) in [5.74, 6) is -0.592. The predicted molar refractivity (Wildman–Crippen MR) is 94.0 cm³/mol. The van der Waals surface area contributed by atoms with Crippen LogP contribution in [0.2, 0.25) is 0 Å². The largest absolute Gasteiger partial charge is 0.433 e. The van der Waals surface area contributed by atoms with Gasteiger partial charge in [-0.3, -0.25) is 9.59 Å². The summed E-state index contributed by atoms with van der Waals surface area (Å²) in [6.07, 6.45) is -1.79. The molecule has 1 aromatic rings. The molecule has 0 bridgehead atoms. The Labute approximate surface area is 160 Å². The topological polar surface area (TPSA) is 74.1 Å². The SMILES string of the molecule is Cc1nc(C(F)(F)F)ccc1C(=O)N1CC[C@@]2(C=C(C#N)C(=O)C(C)(C)C2)C1. The maximum absolute atomic E-state index is 12.9. The summed E-state index contributed by atoms with van der Waals surface area (Å²) in [7, 11) is 0. The van der Waals surface area contributed by atoms with Gasteiger partial charge in [0.25, 0.3) is 5.91 Å². The highest BCUT2D eigenvalue weighted by Crippen LogP contribution is 2.48. The van der Waals surface area contributed by atoms with E-state index in [0.717, 1.165) is 12.1 Å². The lowest BCUT2D eigenvalue weighted by atomic mass is 9.64. The van der Waals surface area contributed by atoms with Gasteiger partial charge in [-0.05, 0) is 31.9 Å². The fourth-order valence-electron chi connectivity index (χ4n) is 4.28. The Kier molecular flexibility index (Phi) is 4.61. The van der Waals surface area contributed by atoms with Crippen LogP contribution in [-0.4, -0.2) is 34.7 Å². The van der Waals surface area contributed by atoms with Crippen LogP contribution in [0.3, 0.4) is 0 Å². The first kappa shape index (κ1) is 20.1. The minimum atomic E-state index is -4.57. The van der Waals surface area contributed by atoms with E-state index >= 15 is 0 Å². The molecule has 1 atom stereocenters. The monoisotopic (exact) mass is 391 g/mol. The number of alkyl halides is 3. The Bertz CT molecular complexity index is 928. The Balaban J connectivity index is 1.86. The first-order valence-electron chi connectivity index (χ1n) is 8.90. The van der Waals surface area contributed by atoms with E-state index in [9.17, 15) is 28.0 Å². The Morgan fingerprint density at radius 3 is 2.57 bits per heavy atom. The smallest absolute Gasteiger partial charge is 0.338 e. The number of hydrogen-bond donors (Lipinski definition) is 0. The van der Waals surface area contributed by atoms with Crippen LogP contribution in [-0.2, 0) is 11.0 Å². The lowest BCUT2D eigenvalue weighted by Crippen LogP contribution is -2.40. The van der Waals surface area contributed by atoms with E-state index < -0.39 is 28.6 Å². The molecule has 2 aliphatic rings. The summed E-state index contributed by atoms with van der Waals surface area (Å²) in [4.78, 5) is 30.3. The lowest BCUT2D eigenvalue weighted by molar-refractivity contribution is -0.141.